The fraction of sp³-hybridized carbons (Fsp3) is 0.190. The van der Waals surface area contributed by atoms with Gasteiger partial charge in [-0.25, -0.2) is 4.39 Å². The fourth-order valence-electron chi connectivity index (χ4n) is 2.51. The number of rotatable bonds is 9. The number of hydrogen-bond acceptors (Lipinski definition) is 5. The lowest BCUT2D eigenvalue weighted by Gasteiger charge is -2.11. The number of carbonyl (C=O) groups excluding carboxylic acids is 1. The molecule has 3 rings (SSSR count). The van der Waals surface area contributed by atoms with Gasteiger partial charge in [0.1, 0.15) is 29.7 Å². The number of hydrogen-bond donors (Lipinski definition) is 1. The molecule has 0 bridgehead atoms. The highest BCUT2D eigenvalue weighted by atomic mass is 19.3. The SMILES string of the molecule is CCOc1ccc(OCc2ccc(C(=O)Nc3ccc(F)cc3OC(F)F)o2)cc1. The summed E-state index contributed by atoms with van der Waals surface area (Å²) in [5.74, 6) is -0.393. The number of furan rings is 1. The van der Waals surface area contributed by atoms with Crippen LogP contribution in [0.15, 0.2) is 59.0 Å². The first-order chi connectivity index (χ1) is 14.4. The van der Waals surface area contributed by atoms with E-state index in [1.807, 2.05) is 6.92 Å². The van der Waals surface area contributed by atoms with Crippen LogP contribution in [0.2, 0.25) is 0 Å². The molecule has 0 aliphatic rings. The van der Waals surface area contributed by atoms with E-state index in [2.05, 4.69) is 10.1 Å². The maximum absolute atomic E-state index is 13.3. The van der Waals surface area contributed by atoms with Crippen LogP contribution in [0.4, 0.5) is 18.9 Å². The van der Waals surface area contributed by atoms with Crippen LogP contribution in [0.3, 0.4) is 0 Å². The number of halogens is 3. The first-order valence-electron chi connectivity index (χ1n) is 8.94. The van der Waals surface area contributed by atoms with Crippen LogP contribution in [0.5, 0.6) is 17.2 Å². The highest BCUT2D eigenvalue weighted by Crippen LogP contribution is 2.28. The first kappa shape index (κ1) is 21.1. The van der Waals surface area contributed by atoms with Crippen LogP contribution in [0.1, 0.15) is 23.2 Å². The third-order valence-corrected chi connectivity index (χ3v) is 3.81. The summed E-state index contributed by atoms with van der Waals surface area (Å²) in [5.41, 5.74) is -0.120. The van der Waals surface area contributed by atoms with Crippen LogP contribution in [0.25, 0.3) is 0 Å². The molecule has 0 saturated carbocycles. The van der Waals surface area contributed by atoms with Crippen molar-refractivity contribution in [2.75, 3.05) is 11.9 Å². The standard InChI is InChI=1S/C21H18F3NO5/c1-2-27-14-4-6-15(7-5-14)28-12-16-8-10-18(29-16)20(26)25-17-9-3-13(22)11-19(17)30-21(23)24/h3-11,21H,2,12H2,1H3,(H,25,26). The Morgan fingerprint density at radius 3 is 2.40 bits per heavy atom. The van der Waals surface area contributed by atoms with Gasteiger partial charge in [0.15, 0.2) is 11.5 Å². The Labute approximate surface area is 170 Å². The van der Waals surface area contributed by atoms with Gasteiger partial charge in [-0.15, -0.1) is 0 Å². The van der Waals surface area contributed by atoms with Crippen molar-refractivity contribution in [2.24, 2.45) is 0 Å². The van der Waals surface area contributed by atoms with Gasteiger partial charge in [-0.05, 0) is 55.5 Å². The summed E-state index contributed by atoms with van der Waals surface area (Å²) in [4.78, 5) is 12.3. The number of nitrogens with one attached hydrogen (secondary N) is 1. The summed E-state index contributed by atoms with van der Waals surface area (Å²) in [6, 6.07) is 12.8. The van der Waals surface area contributed by atoms with Gasteiger partial charge in [-0.2, -0.15) is 8.78 Å². The zero-order valence-corrected chi connectivity index (χ0v) is 15.9. The fourth-order valence-corrected chi connectivity index (χ4v) is 2.51. The number of alkyl halides is 2. The average molecular weight is 421 g/mol. The van der Waals surface area contributed by atoms with Gasteiger partial charge in [-0.1, -0.05) is 0 Å². The maximum Gasteiger partial charge on any atom is 0.387 e. The Morgan fingerprint density at radius 1 is 1.03 bits per heavy atom. The summed E-state index contributed by atoms with van der Waals surface area (Å²) >= 11 is 0. The van der Waals surface area contributed by atoms with Gasteiger partial charge in [0, 0.05) is 6.07 Å². The predicted octanol–water partition coefficient (Wildman–Crippen LogP) is 5.25. The average Bonchev–Trinajstić information content (AvgIpc) is 3.18. The van der Waals surface area contributed by atoms with Crippen molar-refractivity contribution < 1.29 is 36.6 Å². The molecule has 158 valence electrons. The second-order valence-corrected chi connectivity index (χ2v) is 5.93. The Hall–Kier alpha value is -3.62. The largest absolute Gasteiger partial charge is 0.494 e. The quantitative estimate of drug-likeness (QED) is 0.511. The van der Waals surface area contributed by atoms with E-state index < -0.39 is 24.1 Å². The van der Waals surface area contributed by atoms with Gasteiger partial charge in [-0.3, -0.25) is 4.79 Å². The molecule has 9 heteroatoms. The van der Waals surface area contributed by atoms with E-state index in [0.717, 1.165) is 23.9 Å². The first-order valence-corrected chi connectivity index (χ1v) is 8.94. The summed E-state index contributed by atoms with van der Waals surface area (Å²) in [5, 5.41) is 2.35. The van der Waals surface area contributed by atoms with E-state index in [1.165, 1.54) is 6.07 Å². The maximum atomic E-state index is 13.3. The van der Waals surface area contributed by atoms with E-state index in [-0.39, 0.29) is 18.1 Å². The van der Waals surface area contributed by atoms with Crippen molar-refractivity contribution in [3.8, 4) is 17.2 Å². The number of anilines is 1. The third kappa shape index (κ3) is 5.69. The predicted molar refractivity (Wildman–Crippen MR) is 102 cm³/mol. The second-order valence-electron chi connectivity index (χ2n) is 5.93. The molecule has 0 aliphatic carbocycles. The molecule has 1 heterocycles. The molecule has 0 spiro atoms. The number of amides is 1. The molecule has 30 heavy (non-hydrogen) atoms. The van der Waals surface area contributed by atoms with Crippen molar-refractivity contribution in [3.05, 3.63) is 71.9 Å². The van der Waals surface area contributed by atoms with Crippen molar-refractivity contribution in [2.45, 2.75) is 20.1 Å². The van der Waals surface area contributed by atoms with Gasteiger partial charge in [0.05, 0.1) is 12.3 Å². The van der Waals surface area contributed by atoms with E-state index in [9.17, 15) is 18.0 Å². The minimum Gasteiger partial charge on any atom is -0.494 e. The van der Waals surface area contributed by atoms with E-state index in [0.29, 0.717) is 18.1 Å². The Kier molecular flexibility index (Phi) is 6.84. The molecule has 6 nitrogen and oxygen atoms in total. The van der Waals surface area contributed by atoms with E-state index >= 15 is 0 Å². The Bertz CT molecular complexity index is 989. The van der Waals surface area contributed by atoms with E-state index in [4.69, 9.17) is 13.9 Å². The normalized spacial score (nSPS) is 10.7. The Morgan fingerprint density at radius 2 is 1.73 bits per heavy atom. The number of benzene rings is 2. The summed E-state index contributed by atoms with van der Waals surface area (Å²) in [6.07, 6.45) is 0. The highest BCUT2D eigenvalue weighted by molar-refractivity contribution is 6.03. The van der Waals surface area contributed by atoms with Crippen molar-refractivity contribution in [3.63, 3.8) is 0 Å². The Balaban J connectivity index is 1.61. The molecule has 0 fully saturated rings. The van der Waals surface area contributed by atoms with Crippen LogP contribution in [0, 0.1) is 5.82 Å². The van der Waals surface area contributed by atoms with Crippen LogP contribution >= 0.6 is 0 Å². The van der Waals surface area contributed by atoms with Gasteiger partial charge in [0.2, 0.25) is 0 Å². The smallest absolute Gasteiger partial charge is 0.387 e. The molecule has 1 amide bonds. The second kappa shape index (κ2) is 9.73. The highest BCUT2D eigenvalue weighted by Gasteiger charge is 2.17. The summed E-state index contributed by atoms with van der Waals surface area (Å²) < 4.78 is 58.8. The number of ether oxygens (including phenoxy) is 3. The van der Waals surface area contributed by atoms with Crippen molar-refractivity contribution in [1.29, 1.82) is 0 Å². The summed E-state index contributed by atoms with van der Waals surface area (Å²) in [7, 11) is 0. The lowest BCUT2D eigenvalue weighted by atomic mass is 10.2. The topological polar surface area (TPSA) is 69.9 Å². The number of carbonyl (C=O) groups is 1. The summed E-state index contributed by atoms with van der Waals surface area (Å²) in [6.45, 7) is -0.655. The molecule has 1 aromatic heterocycles. The molecule has 0 aliphatic heterocycles. The lowest BCUT2D eigenvalue weighted by Crippen LogP contribution is -2.13. The molecular formula is C21H18F3NO5. The van der Waals surface area contributed by atoms with Crippen molar-refractivity contribution in [1.82, 2.24) is 0 Å². The zero-order chi connectivity index (χ0) is 21.5. The monoisotopic (exact) mass is 421 g/mol. The molecule has 0 saturated heterocycles. The molecule has 0 radical (unpaired) electrons. The van der Waals surface area contributed by atoms with Gasteiger partial charge >= 0.3 is 6.61 Å². The zero-order valence-electron chi connectivity index (χ0n) is 15.9. The molecule has 0 atom stereocenters. The third-order valence-electron chi connectivity index (χ3n) is 3.81. The van der Waals surface area contributed by atoms with Crippen LogP contribution < -0.4 is 19.5 Å². The van der Waals surface area contributed by atoms with E-state index in [1.54, 1.807) is 30.3 Å². The van der Waals surface area contributed by atoms with Crippen LogP contribution in [-0.2, 0) is 6.61 Å². The molecule has 3 aromatic rings. The molecule has 0 unspecified atom stereocenters. The molecule has 2 aromatic carbocycles. The van der Waals surface area contributed by atoms with Gasteiger partial charge < -0.3 is 23.9 Å². The molecular weight excluding hydrogens is 403 g/mol. The molecule has 1 N–H and O–H groups in total. The van der Waals surface area contributed by atoms with Gasteiger partial charge in [0.25, 0.3) is 5.91 Å². The lowest BCUT2D eigenvalue weighted by molar-refractivity contribution is -0.0495. The minimum atomic E-state index is -3.17. The van der Waals surface area contributed by atoms with Crippen molar-refractivity contribution >= 4 is 11.6 Å². The minimum absolute atomic E-state index is 0.0670. The van der Waals surface area contributed by atoms with Crippen LogP contribution in [-0.4, -0.2) is 19.1 Å².